The molecule has 0 unspecified atom stereocenters. The van der Waals surface area contributed by atoms with Crippen LogP contribution in [0.2, 0.25) is 10.0 Å². The summed E-state index contributed by atoms with van der Waals surface area (Å²) in [6, 6.07) is 10.5. The summed E-state index contributed by atoms with van der Waals surface area (Å²) in [5, 5.41) is 4.01. The Balaban J connectivity index is 1.57. The molecular formula is C18H15Cl2N3O3. The molecule has 0 saturated carbocycles. The molecule has 4 rings (SSSR count). The molecular weight excluding hydrogens is 377 g/mol. The standard InChI is InChI=1S/C18H15Cl2N3O3/c19-13-2-1-3-14(20)16(13)22-18-21-7-8-23(18)17(24)12-4-5-15-11(10-12)6-9-25-26-15/h1-5,10H,6-9H2,(H,21,22). The van der Waals surface area contributed by atoms with Crippen LogP contribution in [0.3, 0.4) is 0 Å². The van der Waals surface area contributed by atoms with Crippen molar-refractivity contribution in [1.29, 1.82) is 0 Å². The number of amides is 1. The average Bonchev–Trinajstić information content (AvgIpc) is 3.12. The Morgan fingerprint density at radius 3 is 2.81 bits per heavy atom. The van der Waals surface area contributed by atoms with E-state index in [0.717, 1.165) is 5.56 Å². The van der Waals surface area contributed by atoms with Crippen molar-refractivity contribution in [3.8, 4) is 5.75 Å². The van der Waals surface area contributed by atoms with Crippen LogP contribution in [-0.4, -0.2) is 36.5 Å². The van der Waals surface area contributed by atoms with Gasteiger partial charge in [0.1, 0.15) is 0 Å². The second-order valence-electron chi connectivity index (χ2n) is 5.86. The minimum absolute atomic E-state index is 0.147. The first kappa shape index (κ1) is 17.1. The van der Waals surface area contributed by atoms with E-state index in [0.29, 0.717) is 59.1 Å². The highest BCUT2D eigenvalue weighted by atomic mass is 35.5. The number of nitrogens with zero attached hydrogens (tertiary/aromatic N) is 2. The van der Waals surface area contributed by atoms with Gasteiger partial charge in [0.05, 0.1) is 28.9 Å². The molecule has 0 bridgehead atoms. The number of benzene rings is 2. The minimum atomic E-state index is -0.147. The highest BCUT2D eigenvalue weighted by Crippen LogP contribution is 2.31. The lowest BCUT2D eigenvalue weighted by Gasteiger charge is -2.21. The number of aliphatic imine (C=N–C) groups is 1. The summed E-state index contributed by atoms with van der Waals surface area (Å²) in [6.45, 7) is 1.46. The molecule has 26 heavy (non-hydrogen) atoms. The molecule has 6 nitrogen and oxygen atoms in total. The van der Waals surface area contributed by atoms with E-state index < -0.39 is 0 Å². The summed E-state index contributed by atoms with van der Waals surface area (Å²) in [4.78, 5) is 29.0. The maximum atomic E-state index is 13.0. The minimum Gasteiger partial charge on any atom is -0.337 e. The third-order valence-electron chi connectivity index (χ3n) is 4.20. The lowest BCUT2D eigenvalue weighted by Crippen LogP contribution is -2.38. The van der Waals surface area contributed by atoms with Crippen molar-refractivity contribution in [2.24, 2.45) is 4.99 Å². The molecule has 1 N–H and O–H groups in total. The third-order valence-corrected chi connectivity index (χ3v) is 4.83. The van der Waals surface area contributed by atoms with Gasteiger partial charge in [-0.25, -0.2) is 0 Å². The fourth-order valence-electron chi connectivity index (χ4n) is 2.88. The van der Waals surface area contributed by atoms with Gasteiger partial charge in [-0.2, -0.15) is 4.89 Å². The number of guanidine groups is 1. The number of carbonyl (C=O) groups is 1. The second kappa shape index (κ2) is 7.15. The number of carbonyl (C=O) groups excluding carboxylic acids is 1. The molecule has 0 saturated heterocycles. The van der Waals surface area contributed by atoms with Crippen LogP contribution in [0.25, 0.3) is 0 Å². The van der Waals surface area contributed by atoms with Crippen molar-refractivity contribution in [3.05, 3.63) is 57.6 Å². The number of para-hydroxylation sites is 1. The number of anilines is 1. The van der Waals surface area contributed by atoms with Crippen LogP contribution in [0.1, 0.15) is 15.9 Å². The van der Waals surface area contributed by atoms with Crippen molar-refractivity contribution < 1.29 is 14.6 Å². The predicted octanol–water partition coefficient (Wildman–Crippen LogP) is 3.78. The van der Waals surface area contributed by atoms with Gasteiger partial charge in [-0.15, -0.1) is 0 Å². The number of nitrogens with one attached hydrogen (secondary N) is 1. The van der Waals surface area contributed by atoms with E-state index in [2.05, 4.69) is 10.3 Å². The fourth-order valence-corrected chi connectivity index (χ4v) is 3.37. The molecule has 0 aliphatic carbocycles. The van der Waals surface area contributed by atoms with E-state index in [-0.39, 0.29) is 5.91 Å². The zero-order chi connectivity index (χ0) is 18.1. The maximum absolute atomic E-state index is 13.0. The Kier molecular flexibility index (Phi) is 4.72. The Morgan fingerprint density at radius 2 is 2.00 bits per heavy atom. The smallest absolute Gasteiger partial charge is 0.260 e. The summed E-state index contributed by atoms with van der Waals surface area (Å²) in [7, 11) is 0. The predicted molar refractivity (Wildman–Crippen MR) is 100 cm³/mol. The van der Waals surface area contributed by atoms with Crippen molar-refractivity contribution >= 4 is 40.8 Å². The molecule has 8 heteroatoms. The van der Waals surface area contributed by atoms with Crippen molar-refractivity contribution in [2.75, 3.05) is 25.0 Å². The van der Waals surface area contributed by atoms with Gasteiger partial charge < -0.3 is 10.2 Å². The summed E-state index contributed by atoms with van der Waals surface area (Å²) in [5.74, 6) is 0.928. The van der Waals surface area contributed by atoms with Gasteiger partial charge in [0.25, 0.3) is 5.91 Å². The van der Waals surface area contributed by atoms with Crippen molar-refractivity contribution in [1.82, 2.24) is 4.90 Å². The molecule has 0 radical (unpaired) electrons. The molecule has 0 fully saturated rings. The SMILES string of the molecule is O=C(c1ccc2c(c1)CCOO2)N1CCN=C1Nc1c(Cl)cccc1Cl. The Hall–Kier alpha value is -2.28. The lowest BCUT2D eigenvalue weighted by molar-refractivity contribution is -0.215. The Labute approximate surface area is 160 Å². The van der Waals surface area contributed by atoms with E-state index in [9.17, 15) is 4.79 Å². The van der Waals surface area contributed by atoms with Crippen LogP contribution in [-0.2, 0) is 11.3 Å². The van der Waals surface area contributed by atoms with Crippen molar-refractivity contribution in [3.63, 3.8) is 0 Å². The van der Waals surface area contributed by atoms with Crippen LogP contribution in [0.4, 0.5) is 5.69 Å². The first-order chi connectivity index (χ1) is 12.6. The Morgan fingerprint density at radius 1 is 1.19 bits per heavy atom. The fraction of sp³-hybridized carbons (Fsp3) is 0.222. The summed E-state index contributed by atoms with van der Waals surface area (Å²) in [5.41, 5.74) is 2.04. The quantitative estimate of drug-likeness (QED) is 0.791. The summed E-state index contributed by atoms with van der Waals surface area (Å²) in [6.07, 6.45) is 0.699. The van der Waals surface area contributed by atoms with E-state index in [4.69, 9.17) is 33.0 Å². The largest absolute Gasteiger partial charge is 0.337 e. The van der Waals surface area contributed by atoms with Crippen LogP contribution in [0.5, 0.6) is 5.75 Å². The second-order valence-corrected chi connectivity index (χ2v) is 6.68. The number of hydrogen-bond acceptors (Lipinski definition) is 5. The summed E-state index contributed by atoms with van der Waals surface area (Å²) < 4.78 is 0. The average molecular weight is 392 g/mol. The first-order valence-corrected chi connectivity index (χ1v) is 8.89. The van der Waals surface area contributed by atoms with Gasteiger partial charge in [-0.1, -0.05) is 29.3 Å². The molecule has 2 aromatic carbocycles. The lowest BCUT2D eigenvalue weighted by atomic mass is 10.1. The highest BCUT2D eigenvalue weighted by Gasteiger charge is 2.27. The van der Waals surface area contributed by atoms with Crippen LogP contribution < -0.4 is 10.2 Å². The molecule has 0 aromatic heterocycles. The van der Waals surface area contributed by atoms with E-state index >= 15 is 0 Å². The van der Waals surface area contributed by atoms with Gasteiger partial charge in [0.15, 0.2) is 5.75 Å². The molecule has 0 atom stereocenters. The van der Waals surface area contributed by atoms with E-state index in [1.807, 2.05) is 6.07 Å². The molecule has 134 valence electrons. The molecule has 2 aromatic rings. The van der Waals surface area contributed by atoms with Gasteiger partial charge in [0, 0.05) is 24.1 Å². The normalized spacial score (nSPS) is 15.9. The summed E-state index contributed by atoms with van der Waals surface area (Å²) >= 11 is 12.4. The zero-order valence-corrected chi connectivity index (χ0v) is 15.2. The molecule has 2 aliphatic rings. The number of rotatable bonds is 2. The monoisotopic (exact) mass is 391 g/mol. The number of fused-ring (bicyclic) bond motifs is 1. The topological polar surface area (TPSA) is 63.2 Å². The molecule has 0 spiro atoms. The van der Waals surface area contributed by atoms with Crippen LogP contribution in [0.15, 0.2) is 41.4 Å². The molecule has 2 heterocycles. The van der Waals surface area contributed by atoms with Gasteiger partial charge >= 0.3 is 0 Å². The van der Waals surface area contributed by atoms with E-state index in [1.165, 1.54) is 0 Å². The van der Waals surface area contributed by atoms with Gasteiger partial charge in [-0.3, -0.25) is 14.7 Å². The molecule has 1 amide bonds. The van der Waals surface area contributed by atoms with Crippen molar-refractivity contribution in [2.45, 2.75) is 6.42 Å². The van der Waals surface area contributed by atoms with Crippen LogP contribution >= 0.6 is 23.2 Å². The highest BCUT2D eigenvalue weighted by molar-refractivity contribution is 6.40. The number of halogens is 2. The van der Waals surface area contributed by atoms with Crippen LogP contribution in [0, 0.1) is 0 Å². The van der Waals surface area contributed by atoms with Gasteiger partial charge in [0.2, 0.25) is 5.96 Å². The zero-order valence-electron chi connectivity index (χ0n) is 13.7. The Bertz CT molecular complexity index is 881. The molecule has 2 aliphatic heterocycles. The number of hydrogen-bond donors (Lipinski definition) is 1. The van der Waals surface area contributed by atoms with E-state index in [1.54, 1.807) is 35.2 Å². The maximum Gasteiger partial charge on any atom is 0.260 e. The first-order valence-electron chi connectivity index (χ1n) is 8.13. The van der Waals surface area contributed by atoms with Gasteiger partial charge in [-0.05, 0) is 30.3 Å². The third kappa shape index (κ3) is 3.23.